The zero-order valence-corrected chi connectivity index (χ0v) is 13.9. The average molecular weight is 300 g/mol. The minimum Gasteiger partial charge on any atom is -0.342 e. The molecular formula is C17H24N4O. The lowest BCUT2D eigenvalue weighted by atomic mass is 9.78. The van der Waals surface area contributed by atoms with E-state index in [0.29, 0.717) is 6.42 Å². The molecule has 0 radical (unpaired) electrons. The van der Waals surface area contributed by atoms with E-state index in [9.17, 15) is 4.79 Å². The molecule has 1 saturated heterocycles. The Balaban J connectivity index is 1.98. The highest BCUT2D eigenvalue weighted by atomic mass is 16.2. The van der Waals surface area contributed by atoms with Gasteiger partial charge in [-0.1, -0.05) is 13.8 Å². The molecule has 1 aliphatic rings. The minimum absolute atomic E-state index is 0.0740. The summed E-state index contributed by atoms with van der Waals surface area (Å²) in [5, 5.41) is 5.55. The molecule has 3 heterocycles. The quantitative estimate of drug-likeness (QED) is 0.856. The summed E-state index contributed by atoms with van der Waals surface area (Å²) < 4.78 is 1.84. The summed E-state index contributed by atoms with van der Waals surface area (Å²) >= 11 is 0. The van der Waals surface area contributed by atoms with E-state index in [0.717, 1.165) is 48.4 Å². The molecule has 1 unspecified atom stereocenters. The number of carbonyl (C=O) groups is 1. The van der Waals surface area contributed by atoms with E-state index in [1.54, 1.807) is 0 Å². The van der Waals surface area contributed by atoms with Crippen LogP contribution in [0.15, 0.2) is 12.1 Å². The molecule has 5 heteroatoms. The number of aryl methyl sites for hydroxylation is 2. The van der Waals surface area contributed by atoms with Crippen LogP contribution >= 0.6 is 0 Å². The highest BCUT2D eigenvalue weighted by Gasteiger charge is 2.35. The third kappa shape index (κ3) is 2.38. The van der Waals surface area contributed by atoms with Crippen molar-refractivity contribution in [1.82, 2.24) is 19.7 Å². The van der Waals surface area contributed by atoms with Gasteiger partial charge >= 0.3 is 0 Å². The monoisotopic (exact) mass is 300 g/mol. The molecule has 3 rings (SSSR count). The molecule has 0 N–H and O–H groups in total. The number of fused-ring (bicyclic) bond motifs is 1. The molecule has 0 spiro atoms. The van der Waals surface area contributed by atoms with Crippen LogP contribution in [0.2, 0.25) is 0 Å². The average Bonchev–Trinajstić information content (AvgIpc) is 2.81. The van der Waals surface area contributed by atoms with Crippen LogP contribution in [-0.4, -0.2) is 38.7 Å². The first-order chi connectivity index (χ1) is 10.4. The Labute approximate surface area is 131 Å². The molecule has 1 fully saturated rings. The molecule has 1 aliphatic heterocycles. The van der Waals surface area contributed by atoms with E-state index in [4.69, 9.17) is 4.98 Å². The fourth-order valence-electron chi connectivity index (χ4n) is 3.52. The fraction of sp³-hybridized carbons (Fsp3) is 0.588. The van der Waals surface area contributed by atoms with Crippen molar-refractivity contribution in [3.63, 3.8) is 0 Å². The number of pyridine rings is 1. The van der Waals surface area contributed by atoms with E-state index in [-0.39, 0.29) is 11.3 Å². The van der Waals surface area contributed by atoms with Crippen LogP contribution in [0.25, 0.3) is 11.0 Å². The normalized spacial score (nSPS) is 22.3. The lowest BCUT2D eigenvalue weighted by Gasteiger charge is -2.40. The highest BCUT2D eigenvalue weighted by Crippen LogP contribution is 2.34. The Morgan fingerprint density at radius 2 is 2.18 bits per heavy atom. The lowest BCUT2D eigenvalue weighted by molar-refractivity contribution is -0.133. The van der Waals surface area contributed by atoms with Gasteiger partial charge < -0.3 is 4.90 Å². The summed E-state index contributed by atoms with van der Waals surface area (Å²) in [6.45, 7) is 7.79. The van der Waals surface area contributed by atoms with E-state index in [1.165, 1.54) is 0 Å². The third-order valence-electron chi connectivity index (χ3n) is 4.84. The predicted molar refractivity (Wildman–Crippen MR) is 86.7 cm³/mol. The van der Waals surface area contributed by atoms with Crippen molar-refractivity contribution >= 4 is 16.9 Å². The van der Waals surface area contributed by atoms with Gasteiger partial charge in [0, 0.05) is 37.4 Å². The van der Waals surface area contributed by atoms with Gasteiger partial charge in [0.2, 0.25) is 5.91 Å². The minimum atomic E-state index is -0.0740. The number of hydrogen-bond acceptors (Lipinski definition) is 3. The maximum Gasteiger partial charge on any atom is 0.222 e. The summed E-state index contributed by atoms with van der Waals surface area (Å²) in [7, 11) is 1.93. The summed E-state index contributed by atoms with van der Waals surface area (Å²) in [6, 6.07) is 4.22. The number of likely N-dealkylation sites (tertiary alicyclic amines) is 1. The van der Waals surface area contributed by atoms with Gasteiger partial charge in [-0.25, -0.2) is 4.98 Å². The van der Waals surface area contributed by atoms with E-state index < -0.39 is 0 Å². The van der Waals surface area contributed by atoms with Crippen molar-refractivity contribution < 1.29 is 4.79 Å². The Morgan fingerprint density at radius 3 is 2.91 bits per heavy atom. The fourth-order valence-corrected chi connectivity index (χ4v) is 3.52. The molecule has 0 aliphatic carbocycles. The molecule has 0 saturated carbocycles. The maximum absolute atomic E-state index is 12.0. The molecular weight excluding hydrogens is 276 g/mol. The van der Waals surface area contributed by atoms with Gasteiger partial charge in [0.1, 0.15) is 0 Å². The van der Waals surface area contributed by atoms with Crippen molar-refractivity contribution in [1.29, 1.82) is 0 Å². The van der Waals surface area contributed by atoms with Crippen LogP contribution in [0.3, 0.4) is 0 Å². The summed E-state index contributed by atoms with van der Waals surface area (Å²) in [4.78, 5) is 18.9. The smallest absolute Gasteiger partial charge is 0.222 e. The van der Waals surface area contributed by atoms with Crippen molar-refractivity contribution in [2.75, 3.05) is 13.1 Å². The Morgan fingerprint density at radius 1 is 1.41 bits per heavy atom. The van der Waals surface area contributed by atoms with Gasteiger partial charge in [-0.05, 0) is 31.9 Å². The number of amides is 1. The number of piperidine rings is 1. The van der Waals surface area contributed by atoms with Gasteiger partial charge in [-0.2, -0.15) is 5.10 Å². The third-order valence-corrected chi connectivity index (χ3v) is 4.84. The van der Waals surface area contributed by atoms with Crippen molar-refractivity contribution in [3.8, 4) is 0 Å². The first-order valence-corrected chi connectivity index (χ1v) is 8.03. The summed E-state index contributed by atoms with van der Waals surface area (Å²) in [5.41, 5.74) is 2.93. The molecule has 118 valence electrons. The van der Waals surface area contributed by atoms with E-state index >= 15 is 0 Å². The van der Waals surface area contributed by atoms with E-state index in [2.05, 4.69) is 24.2 Å². The lowest BCUT2D eigenvalue weighted by Crippen LogP contribution is -2.47. The summed E-state index contributed by atoms with van der Waals surface area (Å²) in [5.74, 6) is 0.239. The van der Waals surface area contributed by atoms with E-state index in [1.807, 2.05) is 30.5 Å². The molecule has 1 atom stereocenters. The van der Waals surface area contributed by atoms with Crippen LogP contribution in [0, 0.1) is 6.92 Å². The number of hydrogen-bond donors (Lipinski definition) is 0. The molecule has 1 amide bonds. The Kier molecular flexibility index (Phi) is 3.67. The molecule has 0 aromatic carbocycles. The van der Waals surface area contributed by atoms with Crippen LogP contribution in [-0.2, 0) is 17.3 Å². The van der Waals surface area contributed by atoms with Gasteiger partial charge in [-0.3, -0.25) is 9.48 Å². The molecule has 2 aromatic heterocycles. The van der Waals surface area contributed by atoms with Crippen molar-refractivity contribution in [3.05, 3.63) is 23.5 Å². The second kappa shape index (κ2) is 5.38. The molecule has 5 nitrogen and oxygen atoms in total. The second-order valence-corrected chi connectivity index (χ2v) is 6.61. The molecule has 22 heavy (non-hydrogen) atoms. The predicted octanol–water partition coefficient (Wildman–Crippen LogP) is 2.57. The number of nitrogens with zero attached hydrogens (tertiary/aromatic N) is 4. The molecule has 0 bridgehead atoms. The topological polar surface area (TPSA) is 51.0 Å². The first-order valence-electron chi connectivity index (χ1n) is 8.03. The zero-order chi connectivity index (χ0) is 15.9. The van der Waals surface area contributed by atoms with Crippen molar-refractivity contribution in [2.45, 2.75) is 45.4 Å². The Hall–Kier alpha value is -1.91. The van der Waals surface area contributed by atoms with Gasteiger partial charge in [0.05, 0.1) is 11.4 Å². The Bertz CT molecular complexity index is 721. The van der Waals surface area contributed by atoms with Crippen LogP contribution in [0.4, 0.5) is 0 Å². The van der Waals surface area contributed by atoms with Gasteiger partial charge in [0.25, 0.3) is 0 Å². The molecule has 2 aromatic rings. The van der Waals surface area contributed by atoms with Crippen LogP contribution in [0.1, 0.15) is 44.5 Å². The first kappa shape index (κ1) is 15.0. The number of aromatic nitrogens is 3. The van der Waals surface area contributed by atoms with Crippen molar-refractivity contribution in [2.24, 2.45) is 7.05 Å². The highest BCUT2D eigenvalue weighted by molar-refractivity contribution is 5.78. The zero-order valence-electron chi connectivity index (χ0n) is 13.9. The second-order valence-electron chi connectivity index (χ2n) is 6.61. The maximum atomic E-state index is 12.0. The van der Waals surface area contributed by atoms with Crippen LogP contribution in [0.5, 0.6) is 0 Å². The summed E-state index contributed by atoms with van der Waals surface area (Å²) in [6.07, 6.45) is 2.67. The van der Waals surface area contributed by atoms with Crippen LogP contribution < -0.4 is 0 Å². The van der Waals surface area contributed by atoms with Gasteiger partial charge in [-0.15, -0.1) is 0 Å². The van der Waals surface area contributed by atoms with Gasteiger partial charge in [0.15, 0.2) is 5.65 Å². The standard InChI is InChI=1S/C17H24N4O/c1-5-15(22)21-10-6-9-17(3,11-21)14-8-7-13-12(2)19-20(4)16(13)18-14/h7-8H,5-6,9-11H2,1-4H3. The number of carbonyl (C=O) groups excluding carboxylic acids is 1. The number of rotatable bonds is 2. The largest absolute Gasteiger partial charge is 0.342 e. The SMILES string of the molecule is CCC(=O)N1CCCC(C)(c2ccc3c(C)nn(C)c3n2)C1.